The molecule has 0 aliphatic rings. The minimum Gasteiger partial charge on any atom is -0.310 e. The monoisotopic (exact) mass is 153 g/mol. The van der Waals surface area contributed by atoms with Crippen LogP contribution in [0.15, 0.2) is 0 Å². The molecule has 64 valence electrons. The zero-order valence-corrected chi connectivity index (χ0v) is 8.11. The van der Waals surface area contributed by atoms with Crippen LogP contribution in [-0.4, -0.2) is 13.6 Å². The normalized spacial score (nSPS) is 12.9. The van der Waals surface area contributed by atoms with Gasteiger partial charge in [-0.3, -0.25) is 0 Å². The highest BCUT2D eigenvalue weighted by Crippen LogP contribution is 2.09. The Morgan fingerprint density at radius 1 is 1.55 bits per heavy atom. The Morgan fingerprint density at radius 3 is 2.64 bits per heavy atom. The molecule has 0 aromatic rings. The SMILES string of the molecule is BCC(C)CC(=N)CCCC. The van der Waals surface area contributed by atoms with E-state index < -0.39 is 0 Å². The lowest BCUT2D eigenvalue weighted by atomic mass is 9.88. The molecule has 0 aromatic heterocycles. The predicted octanol–water partition coefficient (Wildman–Crippen LogP) is 2.27. The first-order valence-corrected chi connectivity index (χ1v) is 4.77. The number of hydrogen-bond donors (Lipinski definition) is 1. The van der Waals surface area contributed by atoms with Crippen LogP contribution in [0.2, 0.25) is 6.32 Å². The largest absolute Gasteiger partial charge is 0.310 e. The van der Waals surface area contributed by atoms with Crippen LogP contribution in [0.5, 0.6) is 0 Å². The molecule has 0 saturated heterocycles. The molecule has 1 unspecified atom stereocenters. The van der Waals surface area contributed by atoms with E-state index in [1.807, 2.05) is 0 Å². The van der Waals surface area contributed by atoms with Crippen molar-refractivity contribution in [2.45, 2.75) is 45.9 Å². The third kappa shape index (κ3) is 6.15. The lowest BCUT2D eigenvalue weighted by Crippen LogP contribution is -2.03. The molecule has 11 heavy (non-hydrogen) atoms. The lowest BCUT2D eigenvalue weighted by Gasteiger charge is -2.08. The molecule has 0 heterocycles. The fourth-order valence-corrected chi connectivity index (χ4v) is 1.06. The fraction of sp³-hybridized carbons (Fsp3) is 0.889. The Labute approximate surface area is 71.5 Å². The van der Waals surface area contributed by atoms with Crippen molar-refractivity contribution < 1.29 is 0 Å². The molecule has 1 nitrogen and oxygen atoms in total. The zero-order valence-electron chi connectivity index (χ0n) is 8.11. The molecule has 0 saturated carbocycles. The number of unbranched alkanes of at least 4 members (excludes halogenated alkanes) is 1. The minimum absolute atomic E-state index is 0.708. The van der Waals surface area contributed by atoms with Crippen LogP contribution in [0, 0.1) is 11.3 Å². The lowest BCUT2D eigenvalue weighted by molar-refractivity contribution is 0.667. The van der Waals surface area contributed by atoms with Gasteiger partial charge in [-0.2, -0.15) is 0 Å². The van der Waals surface area contributed by atoms with E-state index in [0.717, 1.165) is 18.6 Å². The Balaban J connectivity index is 3.36. The average molecular weight is 153 g/mol. The van der Waals surface area contributed by atoms with Gasteiger partial charge in [-0.25, -0.2) is 0 Å². The average Bonchev–Trinajstić information content (AvgIpc) is 2.00. The summed E-state index contributed by atoms with van der Waals surface area (Å²) in [5.41, 5.74) is 0.946. The van der Waals surface area contributed by atoms with E-state index in [2.05, 4.69) is 21.7 Å². The van der Waals surface area contributed by atoms with Crippen LogP contribution in [0.4, 0.5) is 0 Å². The number of nitrogens with one attached hydrogen (secondary N) is 1. The molecule has 0 spiro atoms. The molecule has 0 bridgehead atoms. The molecule has 1 N–H and O–H groups in total. The van der Waals surface area contributed by atoms with Crippen LogP contribution in [-0.2, 0) is 0 Å². The highest BCUT2D eigenvalue weighted by Gasteiger charge is 2.02. The van der Waals surface area contributed by atoms with E-state index in [1.54, 1.807) is 0 Å². The van der Waals surface area contributed by atoms with Crippen molar-refractivity contribution in [3.8, 4) is 0 Å². The second-order valence-electron chi connectivity index (χ2n) is 3.42. The van der Waals surface area contributed by atoms with Gasteiger partial charge >= 0.3 is 0 Å². The maximum absolute atomic E-state index is 7.63. The van der Waals surface area contributed by atoms with E-state index >= 15 is 0 Å². The Morgan fingerprint density at radius 2 is 2.18 bits per heavy atom. The molecule has 0 aliphatic heterocycles. The molecular weight excluding hydrogens is 133 g/mol. The van der Waals surface area contributed by atoms with Gasteiger partial charge in [-0.05, 0) is 25.2 Å². The van der Waals surface area contributed by atoms with E-state index in [4.69, 9.17) is 5.41 Å². The summed E-state index contributed by atoms with van der Waals surface area (Å²) in [6.45, 7) is 4.40. The smallest absolute Gasteiger partial charge is 0.101 e. The van der Waals surface area contributed by atoms with E-state index in [-0.39, 0.29) is 0 Å². The third-order valence-electron chi connectivity index (χ3n) is 2.12. The molecule has 0 fully saturated rings. The van der Waals surface area contributed by atoms with Crippen molar-refractivity contribution in [2.24, 2.45) is 5.92 Å². The van der Waals surface area contributed by atoms with E-state index in [0.29, 0.717) is 5.92 Å². The summed E-state index contributed by atoms with van der Waals surface area (Å²) in [6, 6.07) is 0. The second kappa shape index (κ2) is 6.45. The minimum atomic E-state index is 0.708. The molecule has 2 heteroatoms. The van der Waals surface area contributed by atoms with Crippen LogP contribution in [0.1, 0.15) is 39.5 Å². The molecule has 0 aromatic carbocycles. The van der Waals surface area contributed by atoms with Gasteiger partial charge in [0.15, 0.2) is 0 Å². The first-order chi connectivity index (χ1) is 5.20. The van der Waals surface area contributed by atoms with Crippen molar-refractivity contribution in [3.63, 3.8) is 0 Å². The quantitative estimate of drug-likeness (QED) is 0.447. The first kappa shape index (κ1) is 10.7. The van der Waals surface area contributed by atoms with Gasteiger partial charge in [-0.15, -0.1) is 0 Å². The van der Waals surface area contributed by atoms with Gasteiger partial charge in [0.05, 0.1) is 0 Å². The van der Waals surface area contributed by atoms with Crippen molar-refractivity contribution >= 4 is 13.6 Å². The van der Waals surface area contributed by atoms with E-state index in [1.165, 1.54) is 19.2 Å². The van der Waals surface area contributed by atoms with Crippen molar-refractivity contribution in [3.05, 3.63) is 0 Å². The first-order valence-electron chi connectivity index (χ1n) is 4.77. The maximum Gasteiger partial charge on any atom is 0.101 e. The fourth-order valence-electron chi connectivity index (χ4n) is 1.06. The van der Waals surface area contributed by atoms with Gasteiger partial charge in [-0.1, -0.05) is 26.6 Å². The van der Waals surface area contributed by atoms with Gasteiger partial charge in [0.2, 0.25) is 0 Å². The summed E-state index contributed by atoms with van der Waals surface area (Å²) in [6.07, 6.45) is 5.63. The Hall–Kier alpha value is -0.265. The molecule has 0 rings (SSSR count). The third-order valence-corrected chi connectivity index (χ3v) is 2.12. The van der Waals surface area contributed by atoms with Crippen molar-refractivity contribution in [2.75, 3.05) is 0 Å². The van der Waals surface area contributed by atoms with Crippen LogP contribution >= 0.6 is 0 Å². The summed E-state index contributed by atoms with van der Waals surface area (Å²) in [5.74, 6) is 0.708. The molecule has 0 aliphatic carbocycles. The van der Waals surface area contributed by atoms with Crippen LogP contribution in [0.3, 0.4) is 0 Å². The molecule has 0 amide bonds. The summed E-state index contributed by atoms with van der Waals surface area (Å²) in [4.78, 5) is 0. The van der Waals surface area contributed by atoms with Gasteiger partial charge in [0, 0.05) is 5.71 Å². The van der Waals surface area contributed by atoms with Crippen LogP contribution < -0.4 is 0 Å². The zero-order chi connectivity index (χ0) is 8.69. The summed E-state index contributed by atoms with van der Waals surface area (Å²) < 4.78 is 0. The van der Waals surface area contributed by atoms with Gasteiger partial charge in [0.1, 0.15) is 7.85 Å². The topological polar surface area (TPSA) is 23.9 Å². The van der Waals surface area contributed by atoms with Crippen molar-refractivity contribution in [1.29, 1.82) is 5.41 Å². The molecule has 0 radical (unpaired) electrons. The highest BCUT2D eigenvalue weighted by atomic mass is 14.4. The standard InChI is InChI=1S/C9H20BN/c1-3-4-5-9(11)6-8(2)7-10/h8,11H,3-7,10H2,1-2H3. The summed E-state index contributed by atoms with van der Waals surface area (Å²) in [7, 11) is 2.19. The number of rotatable bonds is 6. The Kier molecular flexibility index (Phi) is 6.29. The van der Waals surface area contributed by atoms with Crippen LogP contribution in [0.25, 0.3) is 0 Å². The highest BCUT2D eigenvalue weighted by molar-refractivity contribution is 6.08. The maximum atomic E-state index is 7.63. The van der Waals surface area contributed by atoms with Gasteiger partial charge < -0.3 is 5.41 Å². The molecular formula is C9H20BN. The van der Waals surface area contributed by atoms with Gasteiger partial charge in [0.25, 0.3) is 0 Å². The summed E-state index contributed by atoms with van der Waals surface area (Å²) in [5, 5.41) is 7.63. The molecule has 1 atom stereocenters. The Bertz CT molecular complexity index is 112. The van der Waals surface area contributed by atoms with E-state index in [9.17, 15) is 0 Å². The predicted molar refractivity (Wildman–Crippen MR) is 54.4 cm³/mol. The summed E-state index contributed by atoms with van der Waals surface area (Å²) >= 11 is 0. The second-order valence-corrected chi connectivity index (χ2v) is 3.42. The van der Waals surface area contributed by atoms with Crippen molar-refractivity contribution in [1.82, 2.24) is 0 Å². The number of hydrogen-bond acceptors (Lipinski definition) is 1.